The Morgan fingerprint density at radius 1 is 1.17 bits per heavy atom. The molecule has 2 N–H and O–H groups in total. The van der Waals surface area contributed by atoms with Crippen LogP contribution >= 0.6 is 0 Å². The van der Waals surface area contributed by atoms with Crippen LogP contribution < -0.4 is 19.5 Å². The third-order valence-electron chi connectivity index (χ3n) is 3.18. The van der Waals surface area contributed by atoms with Crippen LogP contribution in [0.3, 0.4) is 0 Å². The van der Waals surface area contributed by atoms with E-state index < -0.39 is 27.0 Å². The molecule has 0 aliphatic rings. The van der Waals surface area contributed by atoms with Gasteiger partial charge in [-0.25, -0.2) is 14.3 Å². The zero-order valence-corrected chi connectivity index (χ0v) is 16.2. The van der Waals surface area contributed by atoms with E-state index in [-0.39, 0.29) is 59.4 Å². The van der Waals surface area contributed by atoms with Crippen LogP contribution in [0.1, 0.15) is 17.3 Å². The number of carbonyl (C=O) groups is 2. The number of rotatable bonds is 7. The van der Waals surface area contributed by atoms with Gasteiger partial charge in [-0.15, -0.1) is 0 Å². The predicted octanol–water partition coefficient (Wildman–Crippen LogP) is -0.734. The first-order valence-electron chi connectivity index (χ1n) is 7.71. The number of esters is 1. The second kappa shape index (κ2) is 10.4. The molecule has 2 amide bonds. The van der Waals surface area contributed by atoms with Crippen LogP contribution in [-0.4, -0.2) is 90.6 Å². The summed E-state index contributed by atoms with van der Waals surface area (Å²) in [6, 6.07) is 0.187. The Balaban J connectivity index is 0.00000420. The number of aryl methyl sites for hydroxylation is 1. The van der Waals surface area contributed by atoms with Crippen molar-refractivity contribution < 1.29 is 32.2 Å². The summed E-state index contributed by atoms with van der Waals surface area (Å²) >= 11 is 0. The number of ether oxygens (including phenoxy) is 3. The molecule has 2 heterocycles. The van der Waals surface area contributed by atoms with E-state index in [9.17, 15) is 18.0 Å². The van der Waals surface area contributed by atoms with Gasteiger partial charge in [0.25, 0.3) is 10.0 Å². The van der Waals surface area contributed by atoms with Gasteiger partial charge in [0.15, 0.2) is 5.03 Å². The van der Waals surface area contributed by atoms with Gasteiger partial charge in [0.05, 0.1) is 33.1 Å². The van der Waals surface area contributed by atoms with Gasteiger partial charge in [0.1, 0.15) is 5.56 Å². The van der Waals surface area contributed by atoms with Crippen molar-refractivity contribution in [2.75, 3.05) is 26.1 Å². The fraction of sp³-hybridized carbons (Fsp3) is 0.357. The number of hydrogen-bond acceptors (Lipinski definition) is 10. The zero-order chi connectivity index (χ0) is 20.9. The number of nitrogens with zero attached hydrogens (tertiary/aromatic N) is 4. The molecule has 0 radical (unpaired) electrons. The summed E-state index contributed by atoms with van der Waals surface area (Å²) in [6.45, 7) is 1.60. The molecular weight excluding hydrogens is 419 g/mol. The molecule has 0 aliphatic heterocycles. The van der Waals surface area contributed by atoms with Gasteiger partial charge in [-0.1, -0.05) is 0 Å². The number of anilines is 1. The third kappa shape index (κ3) is 6.03. The molecule has 0 unspecified atom stereocenters. The Labute approximate surface area is 188 Å². The Bertz CT molecular complexity index is 972. The van der Waals surface area contributed by atoms with Crippen molar-refractivity contribution in [2.24, 2.45) is 7.05 Å². The van der Waals surface area contributed by atoms with Crippen LogP contribution in [0.25, 0.3) is 0 Å². The summed E-state index contributed by atoms with van der Waals surface area (Å²) in [4.78, 5) is 31.8. The fourth-order valence-corrected chi connectivity index (χ4v) is 3.27. The van der Waals surface area contributed by atoms with Crippen molar-refractivity contribution in [1.29, 1.82) is 0 Å². The molecular formula is C14H19N6NaO7S. The normalized spacial score (nSPS) is 10.5. The van der Waals surface area contributed by atoms with E-state index in [0.29, 0.717) is 0 Å². The molecule has 13 nitrogen and oxygen atoms in total. The van der Waals surface area contributed by atoms with E-state index >= 15 is 0 Å². The van der Waals surface area contributed by atoms with Crippen LogP contribution in [0.2, 0.25) is 0 Å². The summed E-state index contributed by atoms with van der Waals surface area (Å²) in [6.07, 6.45) is 1.03. The fourth-order valence-electron chi connectivity index (χ4n) is 2.06. The monoisotopic (exact) mass is 438 g/mol. The van der Waals surface area contributed by atoms with Gasteiger partial charge in [-0.2, -0.15) is 23.5 Å². The van der Waals surface area contributed by atoms with E-state index in [1.807, 2.05) is 0 Å². The predicted molar refractivity (Wildman–Crippen MR) is 101 cm³/mol. The molecule has 154 valence electrons. The van der Waals surface area contributed by atoms with E-state index in [1.165, 1.54) is 27.3 Å². The molecule has 29 heavy (non-hydrogen) atoms. The number of urea groups is 1. The second-order valence-electron chi connectivity index (χ2n) is 5.04. The van der Waals surface area contributed by atoms with Gasteiger partial charge < -0.3 is 14.2 Å². The van der Waals surface area contributed by atoms with Crippen molar-refractivity contribution in [3.63, 3.8) is 0 Å². The quantitative estimate of drug-likeness (QED) is 0.416. The molecule has 0 aromatic carbocycles. The summed E-state index contributed by atoms with van der Waals surface area (Å²) in [7, 11) is -0.491. The van der Waals surface area contributed by atoms with E-state index in [4.69, 9.17) is 14.2 Å². The van der Waals surface area contributed by atoms with Crippen LogP contribution in [0.15, 0.2) is 17.3 Å². The van der Waals surface area contributed by atoms with Crippen molar-refractivity contribution in [2.45, 2.75) is 11.9 Å². The van der Waals surface area contributed by atoms with Gasteiger partial charge in [-0.05, 0) is 6.92 Å². The molecule has 0 fully saturated rings. The molecule has 2 aromatic heterocycles. The first-order chi connectivity index (χ1) is 13.2. The standard InChI is InChI=1S/C14H18N6O7S.Na.H/c1-5-27-12(21)8-7-15-20(2)11(8)28(23,24)19-14(22)18-13-16-9(25-3)6-10(17-13)26-4;;/h6-7H,5H2,1-4H3,(H2,16,17,18,19,22);;. The van der Waals surface area contributed by atoms with Crippen LogP contribution in [0.4, 0.5) is 10.7 Å². The molecule has 2 rings (SSSR count). The first kappa shape index (κ1) is 24.6. The van der Waals surface area contributed by atoms with Gasteiger partial charge >= 0.3 is 41.6 Å². The number of methoxy groups -OCH3 is 2. The maximum atomic E-state index is 12.6. The second-order valence-corrected chi connectivity index (χ2v) is 6.64. The SMILES string of the molecule is CCOC(=O)c1cnn(C)c1S(=O)(=O)NC(=O)Nc1nc(OC)cc(OC)n1.[NaH]. The Morgan fingerprint density at radius 2 is 1.76 bits per heavy atom. The average molecular weight is 438 g/mol. The Morgan fingerprint density at radius 3 is 2.28 bits per heavy atom. The molecule has 0 bridgehead atoms. The van der Waals surface area contributed by atoms with Gasteiger partial charge in [-0.3, -0.25) is 10.00 Å². The topological polar surface area (TPSA) is 164 Å². The molecule has 0 atom stereocenters. The summed E-state index contributed by atoms with van der Waals surface area (Å²) in [5, 5.41) is 5.34. The summed E-state index contributed by atoms with van der Waals surface area (Å²) < 4.78 is 42.5. The summed E-state index contributed by atoms with van der Waals surface area (Å²) in [5.41, 5.74) is -0.316. The zero-order valence-electron chi connectivity index (χ0n) is 15.4. The van der Waals surface area contributed by atoms with Crippen molar-refractivity contribution in [3.05, 3.63) is 17.8 Å². The third-order valence-corrected chi connectivity index (χ3v) is 4.63. The van der Waals surface area contributed by atoms with Gasteiger partial charge in [0, 0.05) is 7.05 Å². The van der Waals surface area contributed by atoms with E-state index in [0.717, 1.165) is 10.9 Å². The number of nitrogens with one attached hydrogen (secondary N) is 2. The minimum absolute atomic E-state index is 0. The van der Waals surface area contributed by atoms with Crippen molar-refractivity contribution >= 4 is 57.5 Å². The molecule has 0 saturated heterocycles. The number of amides is 2. The Hall–Kier alpha value is -2.42. The van der Waals surface area contributed by atoms with Crippen LogP contribution in [0.5, 0.6) is 11.8 Å². The molecule has 2 aromatic rings. The van der Waals surface area contributed by atoms with Crippen molar-refractivity contribution in [3.8, 4) is 11.8 Å². The van der Waals surface area contributed by atoms with E-state index in [1.54, 1.807) is 11.6 Å². The Kier molecular flexibility index (Phi) is 8.81. The van der Waals surface area contributed by atoms with Crippen LogP contribution in [-0.2, 0) is 21.8 Å². The van der Waals surface area contributed by atoms with Crippen molar-refractivity contribution in [1.82, 2.24) is 24.5 Å². The van der Waals surface area contributed by atoms with E-state index in [2.05, 4.69) is 20.4 Å². The molecule has 0 spiro atoms. The van der Waals surface area contributed by atoms with Gasteiger partial charge in [0.2, 0.25) is 17.7 Å². The number of sulfonamides is 1. The number of carbonyl (C=O) groups excluding carboxylic acids is 2. The summed E-state index contributed by atoms with van der Waals surface area (Å²) in [5.74, 6) is -0.987. The molecule has 0 aliphatic carbocycles. The maximum absolute atomic E-state index is 12.6. The number of aromatic nitrogens is 4. The minimum atomic E-state index is -4.47. The number of hydrogen-bond donors (Lipinski definition) is 2. The molecule has 15 heteroatoms. The first-order valence-corrected chi connectivity index (χ1v) is 9.20. The average Bonchev–Trinajstić information content (AvgIpc) is 3.03. The van der Waals surface area contributed by atoms with Crippen LogP contribution in [0, 0.1) is 0 Å². The molecule has 0 saturated carbocycles.